The van der Waals surface area contributed by atoms with Crippen molar-refractivity contribution in [3.8, 4) is 0 Å². The molecule has 0 bridgehead atoms. The van der Waals surface area contributed by atoms with Crippen LogP contribution in [0.3, 0.4) is 0 Å². The van der Waals surface area contributed by atoms with Crippen molar-refractivity contribution in [3.05, 3.63) is 86.8 Å². The fourth-order valence-corrected chi connectivity index (χ4v) is 4.49. The van der Waals surface area contributed by atoms with E-state index in [1.54, 1.807) is 18.2 Å². The largest absolute Gasteiger partial charge is 0.353 e. The molecule has 160 valence electrons. The Morgan fingerprint density at radius 1 is 0.935 bits per heavy atom. The Morgan fingerprint density at radius 2 is 1.58 bits per heavy atom. The van der Waals surface area contributed by atoms with E-state index in [4.69, 9.17) is 28.2 Å². The molecule has 1 fully saturated rings. The van der Waals surface area contributed by atoms with E-state index in [1.807, 2.05) is 36.9 Å². The number of amides is 1. The fourth-order valence-electron chi connectivity index (χ4n) is 3.97. The second-order valence-electron chi connectivity index (χ2n) is 7.76. The molecule has 1 aromatic heterocycles. The summed E-state index contributed by atoms with van der Waals surface area (Å²) in [4.78, 5) is 26.4. The summed E-state index contributed by atoms with van der Waals surface area (Å²) >= 11 is 12.1. The van der Waals surface area contributed by atoms with Gasteiger partial charge in [0.25, 0.3) is 5.91 Å². The summed E-state index contributed by atoms with van der Waals surface area (Å²) in [7, 11) is 0. The zero-order chi connectivity index (χ0) is 22.0. The Labute approximate surface area is 192 Å². The summed E-state index contributed by atoms with van der Waals surface area (Å²) in [6.07, 6.45) is 0.780. The number of anilines is 1. The van der Waals surface area contributed by atoms with Crippen molar-refractivity contribution >= 4 is 34.9 Å². The second-order valence-corrected chi connectivity index (χ2v) is 8.63. The highest BCUT2D eigenvalue weighted by molar-refractivity contribution is 6.35. The van der Waals surface area contributed by atoms with Gasteiger partial charge in [-0.15, -0.1) is 0 Å². The van der Waals surface area contributed by atoms with Gasteiger partial charge in [-0.3, -0.25) is 4.79 Å². The van der Waals surface area contributed by atoms with Crippen LogP contribution in [-0.2, 0) is 6.42 Å². The number of carbonyl (C=O) groups excluding carboxylic acids is 1. The number of nitrogens with zero attached hydrogens (tertiary/aromatic N) is 4. The van der Waals surface area contributed by atoms with Crippen molar-refractivity contribution in [2.45, 2.75) is 20.3 Å². The van der Waals surface area contributed by atoms with Gasteiger partial charge in [0, 0.05) is 59.5 Å². The first-order valence-electron chi connectivity index (χ1n) is 10.3. The van der Waals surface area contributed by atoms with Gasteiger partial charge in [-0.2, -0.15) is 0 Å². The highest BCUT2D eigenvalue weighted by Gasteiger charge is 2.25. The van der Waals surface area contributed by atoms with Crippen molar-refractivity contribution in [1.29, 1.82) is 0 Å². The van der Waals surface area contributed by atoms with E-state index in [9.17, 15) is 4.79 Å². The third-order valence-electron chi connectivity index (χ3n) is 5.50. The van der Waals surface area contributed by atoms with E-state index in [1.165, 1.54) is 5.56 Å². The van der Waals surface area contributed by atoms with Crippen LogP contribution in [0.1, 0.15) is 33.0 Å². The number of halogens is 2. The maximum Gasteiger partial charge on any atom is 0.254 e. The zero-order valence-corrected chi connectivity index (χ0v) is 19.1. The lowest BCUT2D eigenvalue weighted by Gasteiger charge is -2.36. The molecule has 0 N–H and O–H groups in total. The molecule has 2 aromatic carbocycles. The molecule has 0 saturated carbocycles. The summed E-state index contributed by atoms with van der Waals surface area (Å²) in [6, 6.07) is 15.3. The first-order valence-corrected chi connectivity index (χ1v) is 11.0. The molecule has 2 heterocycles. The summed E-state index contributed by atoms with van der Waals surface area (Å²) < 4.78 is 0. The first-order chi connectivity index (χ1) is 14.9. The third-order valence-corrected chi connectivity index (χ3v) is 5.94. The number of hydrogen-bond donors (Lipinski definition) is 0. The van der Waals surface area contributed by atoms with Crippen molar-refractivity contribution in [1.82, 2.24) is 14.9 Å². The lowest BCUT2D eigenvalue weighted by atomic mass is 10.0. The van der Waals surface area contributed by atoms with Crippen molar-refractivity contribution in [2.24, 2.45) is 0 Å². The Morgan fingerprint density at radius 3 is 2.23 bits per heavy atom. The molecule has 1 aliphatic heterocycles. The summed E-state index contributed by atoms with van der Waals surface area (Å²) in [5.41, 5.74) is 3.88. The molecule has 5 nitrogen and oxygen atoms in total. The average Bonchev–Trinajstić information content (AvgIpc) is 2.75. The van der Waals surface area contributed by atoms with Crippen molar-refractivity contribution in [2.75, 3.05) is 31.1 Å². The van der Waals surface area contributed by atoms with Gasteiger partial charge in [0.05, 0.1) is 0 Å². The highest BCUT2D eigenvalue weighted by atomic mass is 35.5. The normalized spacial score (nSPS) is 14.1. The molecule has 0 spiro atoms. The van der Waals surface area contributed by atoms with Gasteiger partial charge in [0.2, 0.25) is 0 Å². The number of aromatic nitrogens is 2. The summed E-state index contributed by atoms with van der Waals surface area (Å²) in [5.74, 6) is 1.67. The molecule has 0 unspecified atom stereocenters. The van der Waals surface area contributed by atoms with E-state index < -0.39 is 0 Å². The number of benzene rings is 2. The topological polar surface area (TPSA) is 49.3 Å². The lowest BCUT2D eigenvalue weighted by molar-refractivity contribution is 0.0746. The van der Waals surface area contributed by atoms with Crippen LogP contribution < -0.4 is 4.90 Å². The summed E-state index contributed by atoms with van der Waals surface area (Å²) in [5, 5.41) is 0.930. The zero-order valence-electron chi connectivity index (χ0n) is 17.6. The van der Waals surface area contributed by atoms with E-state index in [2.05, 4.69) is 22.0 Å². The minimum absolute atomic E-state index is 0.0522. The predicted molar refractivity (Wildman–Crippen MR) is 125 cm³/mol. The Balaban J connectivity index is 1.52. The Hall–Kier alpha value is -2.63. The molecular weight excluding hydrogens is 431 g/mol. The van der Waals surface area contributed by atoms with Gasteiger partial charge >= 0.3 is 0 Å². The minimum Gasteiger partial charge on any atom is -0.353 e. The molecule has 0 atom stereocenters. The number of rotatable bonds is 4. The van der Waals surface area contributed by atoms with E-state index in [-0.39, 0.29) is 5.91 Å². The molecule has 1 saturated heterocycles. The quantitative estimate of drug-likeness (QED) is 0.559. The van der Waals surface area contributed by atoms with Gasteiger partial charge < -0.3 is 9.80 Å². The van der Waals surface area contributed by atoms with Crippen LogP contribution in [0, 0.1) is 13.8 Å². The number of aryl methyl sites for hydroxylation is 2. The van der Waals surface area contributed by atoms with Crippen molar-refractivity contribution < 1.29 is 4.79 Å². The van der Waals surface area contributed by atoms with E-state index in [0.717, 1.165) is 29.3 Å². The second kappa shape index (κ2) is 9.25. The molecular formula is C24H24Cl2N4O. The monoisotopic (exact) mass is 454 g/mol. The van der Waals surface area contributed by atoms with Gasteiger partial charge in [-0.05, 0) is 37.6 Å². The Bertz CT molecular complexity index is 1080. The molecule has 1 amide bonds. The lowest BCUT2D eigenvalue weighted by Crippen LogP contribution is -2.49. The average molecular weight is 455 g/mol. The first kappa shape index (κ1) is 21.6. The minimum atomic E-state index is -0.0522. The van der Waals surface area contributed by atoms with Gasteiger partial charge in [-0.25, -0.2) is 9.97 Å². The molecule has 0 aliphatic carbocycles. The van der Waals surface area contributed by atoms with Crippen LogP contribution in [0.5, 0.6) is 0 Å². The van der Waals surface area contributed by atoms with Crippen LogP contribution in [0.2, 0.25) is 10.0 Å². The molecule has 0 radical (unpaired) electrons. The SMILES string of the molecule is Cc1nc(C)c(Cc2ccccc2)c(N2CCN(C(=O)c3cc(Cl)cc(Cl)c3)CC2)n1. The summed E-state index contributed by atoms with van der Waals surface area (Å²) in [6.45, 7) is 6.59. The standard InChI is InChI=1S/C24H24Cl2N4O/c1-16-22(12-18-6-4-3-5-7-18)23(28-17(2)27-16)29-8-10-30(11-9-29)24(31)19-13-20(25)15-21(26)14-19/h3-7,13-15H,8-12H2,1-2H3. The van der Waals surface area contributed by atoms with Gasteiger partial charge in [0.15, 0.2) is 0 Å². The van der Waals surface area contributed by atoms with Crippen LogP contribution in [0.4, 0.5) is 5.82 Å². The van der Waals surface area contributed by atoms with Crippen LogP contribution in [-0.4, -0.2) is 47.0 Å². The predicted octanol–water partition coefficient (Wildman–Crippen LogP) is 4.95. The number of carbonyl (C=O) groups is 1. The molecule has 4 rings (SSSR count). The fraction of sp³-hybridized carbons (Fsp3) is 0.292. The maximum absolute atomic E-state index is 12.9. The number of piperazine rings is 1. The maximum atomic E-state index is 12.9. The van der Waals surface area contributed by atoms with Crippen LogP contribution in [0.25, 0.3) is 0 Å². The molecule has 3 aromatic rings. The van der Waals surface area contributed by atoms with Crippen molar-refractivity contribution in [3.63, 3.8) is 0 Å². The smallest absolute Gasteiger partial charge is 0.254 e. The van der Waals surface area contributed by atoms with E-state index >= 15 is 0 Å². The highest BCUT2D eigenvalue weighted by Crippen LogP contribution is 2.26. The molecule has 31 heavy (non-hydrogen) atoms. The number of hydrogen-bond acceptors (Lipinski definition) is 4. The molecule has 1 aliphatic rings. The third kappa shape index (κ3) is 5.00. The Kier molecular flexibility index (Phi) is 6.44. The van der Waals surface area contributed by atoms with Crippen LogP contribution in [0.15, 0.2) is 48.5 Å². The van der Waals surface area contributed by atoms with Gasteiger partial charge in [0.1, 0.15) is 11.6 Å². The van der Waals surface area contributed by atoms with Crippen LogP contribution >= 0.6 is 23.2 Å². The molecule has 7 heteroatoms. The van der Waals surface area contributed by atoms with Gasteiger partial charge in [-0.1, -0.05) is 53.5 Å². The van der Waals surface area contributed by atoms with E-state index in [0.29, 0.717) is 41.8 Å².